The summed E-state index contributed by atoms with van der Waals surface area (Å²) in [6.45, 7) is 2.96. The molecule has 6 heteroatoms. The normalized spacial score (nSPS) is 27.4. The minimum absolute atomic E-state index is 0.0475. The molecule has 0 aromatic heterocycles. The summed E-state index contributed by atoms with van der Waals surface area (Å²) >= 11 is 4.48. The molecule has 1 saturated heterocycles. The Labute approximate surface area is 88.1 Å². The van der Waals surface area contributed by atoms with Crippen molar-refractivity contribution in [2.45, 2.75) is 19.4 Å². The second-order valence-electron chi connectivity index (χ2n) is 3.41. The van der Waals surface area contributed by atoms with Crippen LogP contribution in [0, 0.1) is 5.92 Å². The average Bonchev–Trinajstić information content (AvgIpc) is 2.52. The van der Waals surface area contributed by atoms with Gasteiger partial charge in [-0.1, -0.05) is 19.1 Å². The van der Waals surface area contributed by atoms with E-state index in [1.165, 1.54) is 0 Å². The van der Waals surface area contributed by atoms with Gasteiger partial charge in [0.25, 0.3) is 0 Å². The number of nitrogens with zero attached hydrogens (tertiary/aromatic N) is 1. The molecule has 5 nitrogen and oxygen atoms in total. The highest BCUT2D eigenvalue weighted by molar-refractivity contribution is 7.78. The first-order chi connectivity index (χ1) is 6.63. The summed E-state index contributed by atoms with van der Waals surface area (Å²) in [5.41, 5.74) is 6.51. The minimum Gasteiger partial charge on any atom is -0.369 e. The van der Waals surface area contributed by atoms with Crippen molar-refractivity contribution in [1.82, 2.24) is 10.6 Å². The summed E-state index contributed by atoms with van der Waals surface area (Å²) < 4.78 is 0. The first-order valence-electron chi connectivity index (χ1n) is 4.44. The van der Waals surface area contributed by atoms with E-state index in [0.717, 1.165) is 18.5 Å². The predicted octanol–water partition coefficient (Wildman–Crippen LogP) is -0.627. The van der Waals surface area contributed by atoms with Crippen molar-refractivity contribution in [3.63, 3.8) is 0 Å². The molecule has 2 unspecified atom stereocenters. The molecular weight excluding hydrogens is 200 g/mol. The van der Waals surface area contributed by atoms with E-state index in [0.29, 0.717) is 5.92 Å². The maximum atomic E-state index is 11.5. The molecule has 0 aromatic carbocycles. The molecular formula is C8H14N4OS. The fourth-order valence-electron chi connectivity index (χ4n) is 1.41. The van der Waals surface area contributed by atoms with E-state index >= 15 is 0 Å². The van der Waals surface area contributed by atoms with Gasteiger partial charge in [0.05, 0.1) is 11.5 Å². The molecule has 1 amide bonds. The van der Waals surface area contributed by atoms with E-state index in [4.69, 9.17) is 5.73 Å². The SMILES string of the molecule is CC1CNC(C(=O)NC(N)=NC=S)C1. The topological polar surface area (TPSA) is 79.5 Å². The van der Waals surface area contributed by atoms with Crippen molar-refractivity contribution in [3.05, 3.63) is 0 Å². The van der Waals surface area contributed by atoms with Gasteiger partial charge in [-0.15, -0.1) is 0 Å². The van der Waals surface area contributed by atoms with Crippen LogP contribution in [0.5, 0.6) is 0 Å². The number of hydrogen-bond donors (Lipinski definition) is 3. The first kappa shape index (κ1) is 11.1. The summed E-state index contributed by atoms with van der Waals surface area (Å²) in [5, 5.41) is 5.57. The van der Waals surface area contributed by atoms with E-state index in [9.17, 15) is 4.79 Å². The third kappa shape index (κ3) is 3.04. The van der Waals surface area contributed by atoms with Crippen LogP contribution in [-0.4, -0.2) is 29.9 Å². The Balaban J connectivity index is 2.42. The number of thiocarbonyl (C=S) groups is 1. The summed E-state index contributed by atoms with van der Waals surface area (Å²) in [5.74, 6) is 0.424. The Hall–Kier alpha value is -1.01. The number of nitrogens with two attached hydrogens (primary N) is 1. The molecule has 4 N–H and O–H groups in total. The molecule has 0 spiro atoms. The van der Waals surface area contributed by atoms with Gasteiger partial charge in [-0.3, -0.25) is 10.1 Å². The maximum Gasteiger partial charge on any atom is 0.243 e. The van der Waals surface area contributed by atoms with Gasteiger partial charge in [-0.05, 0) is 18.9 Å². The lowest BCUT2D eigenvalue weighted by molar-refractivity contribution is -0.121. The Bertz CT molecular complexity index is 266. The van der Waals surface area contributed by atoms with Crippen LogP contribution in [0.15, 0.2) is 4.99 Å². The Morgan fingerprint density at radius 1 is 1.79 bits per heavy atom. The number of rotatable bonds is 2. The van der Waals surface area contributed by atoms with Crippen LogP contribution in [0.2, 0.25) is 0 Å². The smallest absolute Gasteiger partial charge is 0.243 e. The molecule has 14 heavy (non-hydrogen) atoms. The Kier molecular flexibility index (Phi) is 3.97. The van der Waals surface area contributed by atoms with Crippen LogP contribution in [0.25, 0.3) is 0 Å². The number of carbonyl (C=O) groups excluding carboxylic acids is 1. The third-order valence-corrected chi connectivity index (χ3v) is 2.22. The van der Waals surface area contributed by atoms with Crippen molar-refractivity contribution >= 4 is 29.6 Å². The standard InChI is InChI=1S/C8H14N4OS/c1-5-2-6(10-3-5)7(13)12-8(9)11-4-14/h4-6,10H,2-3H2,1H3,(H3,9,11,12,13,14). The van der Waals surface area contributed by atoms with Gasteiger partial charge in [-0.25, -0.2) is 4.99 Å². The lowest BCUT2D eigenvalue weighted by Gasteiger charge is -2.09. The van der Waals surface area contributed by atoms with Crippen LogP contribution < -0.4 is 16.4 Å². The number of hydrogen-bond acceptors (Lipinski definition) is 3. The molecule has 2 atom stereocenters. The first-order valence-corrected chi connectivity index (χ1v) is 4.91. The van der Waals surface area contributed by atoms with Crippen LogP contribution >= 0.6 is 12.2 Å². The molecule has 1 fully saturated rings. The van der Waals surface area contributed by atoms with Crippen LogP contribution in [0.1, 0.15) is 13.3 Å². The molecule has 0 bridgehead atoms. The fourth-order valence-corrected chi connectivity index (χ4v) is 1.53. The highest BCUT2D eigenvalue weighted by Crippen LogP contribution is 2.12. The van der Waals surface area contributed by atoms with Gasteiger partial charge in [0.2, 0.25) is 11.9 Å². The maximum absolute atomic E-state index is 11.5. The number of nitrogens with one attached hydrogen (secondary N) is 2. The number of guanidine groups is 1. The largest absolute Gasteiger partial charge is 0.369 e. The van der Waals surface area contributed by atoms with E-state index in [1.807, 2.05) is 0 Å². The highest BCUT2D eigenvalue weighted by Gasteiger charge is 2.26. The van der Waals surface area contributed by atoms with Crippen molar-refractivity contribution in [2.24, 2.45) is 16.6 Å². The van der Waals surface area contributed by atoms with Gasteiger partial charge >= 0.3 is 0 Å². The highest BCUT2D eigenvalue weighted by atomic mass is 32.1. The van der Waals surface area contributed by atoms with E-state index in [-0.39, 0.29) is 17.9 Å². The van der Waals surface area contributed by atoms with Gasteiger partial charge < -0.3 is 11.1 Å². The molecule has 78 valence electrons. The van der Waals surface area contributed by atoms with E-state index in [2.05, 4.69) is 34.8 Å². The van der Waals surface area contributed by atoms with Crippen molar-refractivity contribution in [1.29, 1.82) is 0 Å². The van der Waals surface area contributed by atoms with Crippen LogP contribution in [0.4, 0.5) is 0 Å². The summed E-state index contributed by atoms with van der Waals surface area (Å²) in [7, 11) is 0. The average molecular weight is 214 g/mol. The lowest BCUT2D eigenvalue weighted by atomic mass is 10.1. The minimum atomic E-state index is -0.163. The molecule has 1 aliphatic rings. The Morgan fingerprint density at radius 2 is 2.50 bits per heavy atom. The van der Waals surface area contributed by atoms with Crippen LogP contribution in [-0.2, 0) is 4.79 Å². The van der Waals surface area contributed by atoms with Gasteiger partial charge in [0.1, 0.15) is 0 Å². The van der Waals surface area contributed by atoms with Crippen molar-refractivity contribution < 1.29 is 4.79 Å². The van der Waals surface area contributed by atoms with Gasteiger partial charge in [0.15, 0.2) is 0 Å². The molecule has 0 saturated carbocycles. The van der Waals surface area contributed by atoms with Crippen molar-refractivity contribution in [2.75, 3.05) is 6.54 Å². The zero-order valence-electron chi connectivity index (χ0n) is 7.99. The fraction of sp³-hybridized carbons (Fsp3) is 0.625. The molecule has 1 aliphatic heterocycles. The van der Waals surface area contributed by atoms with Gasteiger partial charge in [0, 0.05) is 0 Å². The van der Waals surface area contributed by atoms with Crippen LogP contribution in [0.3, 0.4) is 0 Å². The third-order valence-electron chi connectivity index (χ3n) is 2.11. The second-order valence-corrected chi connectivity index (χ2v) is 3.62. The zero-order chi connectivity index (χ0) is 10.6. The molecule has 0 aliphatic carbocycles. The van der Waals surface area contributed by atoms with E-state index < -0.39 is 0 Å². The molecule has 1 rings (SSSR count). The Morgan fingerprint density at radius 3 is 3.00 bits per heavy atom. The van der Waals surface area contributed by atoms with Crippen molar-refractivity contribution in [3.8, 4) is 0 Å². The number of carbonyl (C=O) groups is 1. The predicted molar refractivity (Wildman–Crippen MR) is 59.0 cm³/mol. The number of aliphatic imine (C=N–C) groups is 1. The second kappa shape index (κ2) is 5.02. The monoisotopic (exact) mass is 214 g/mol. The number of amides is 1. The molecule has 0 aromatic rings. The summed E-state index contributed by atoms with van der Waals surface area (Å²) in [4.78, 5) is 15.1. The summed E-state index contributed by atoms with van der Waals surface area (Å²) in [6, 6.07) is -0.163. The van der Waals surface area contributed by atoms with Gasteiger partial charge in [-0.2, -0.15) is 0 Å². The molecule has 0 radical (unpaired) electrons. The quantitative estimate of drug-likeness (QED) is 0.325. The summed E-state index contributed by atoms with van der Waals surface area (Å²) in [6.07, 6.45) is 0.830. The molecule has 1 heterocycles. The van der Waals surface area contributed by atoms with E-state index in [1.54, 1.807) is 0 Å². The zero-order valence-corrected chi connectivity index (χ0v) is 8.80. The lowest BCUT2D eigenvalue weighted by Crippen LogP contribution is -2.46.